The first kappa shape index (κ1) is 11.2. The Labute approximate surface area is 87.6 Å². The molecular formula is C13H21N. The molecule has 1 aromatic rings. The van der Waals surface area contributed by atoms with Crippen LogP contribution in [0.1, 0.15) is 50.7 Å². The first-order chi connectivity index (χ1) is 6.88. The van der Waals surface area contributed by atoms with E-state index in [1.807, 2.05) is 12.4 Å². The van der Waals surface area contributed by atoms with Crippen LogP contribution in [0, 0.1) is 0 Å². The van der Waals surface area contributed by atoms with E-state index in [2.05, 4.69) is 24.9 Å². The highest BCUT2D eigenvalue weighted by Crippen LogP contribution is 2.13. The lowest BCUT2D eigenvalue weighted by atomic mass is 10.0. The fourth-order valence-electron chi connectivity index (χ4n) is 1.66. The van der Waals surface area contributed by atoms with Crippen LogP contribution in [0.15, 0.2) is 18.5 Å². The van der Waals surface area contributed by atoms with E-state index in [1.165, 1.54) is 49.7 Å². The zero-order valence-electron chi connectivity index (χ0n) is 9.42. The SMILES string of the molecule is CCCCc1ccncc1CCCC. The van der Waals surface area contributed by atoms with Crippen molar-refractivity contribution in [1.82, 2.24) is 4.98 Å². The maximum Gasteiger partial charge on any atom is 0.0302 e. The van der Waals surface area contributed by atoms with Crippen LogP contribution in [0.25, 0.3) is 0 Å². The first-order valence-electron chi connectivity index (χ1n) is 5.80. The van der Waals surface area contributed by atoms with Crippen LogP contribution in [-0.2, 0) is 12.8 Å². The fourth-order valence-corrected chi connectivity index (χ4v) is 1.66. The first-order valence-corrected chi connectivity index (χ1v) is 5.80. The third kappa shape index (κ3) is 3.49. The van der Waals surface area contributed by atoms with Crippen LogP contribution < -0.4 is 0 Å². The molecule has 0 bridgehead atoms. The van der Waals surface area contributed by atoms with E-state index in [0.29, 0.717) is 0 Å². The summed E-state index contributed by atoms with van der Waals surface area (Å²) in [6.07, 6.45) is 11.5. The smallest absolute Gasteiger partial charge is 0.0302 e. The third-order valence-electron chi connectivity index (χ3n) is 2.60. The number of hydrogen-bond acceptors (Lipinski definition) is 1. The number of hydrogen-bond donors (Lipinski definition) is 0. The minimum Gasteiger partial charge on any atom is -0.264 e. The van der Waals surface area contributed by atoms with Crippen molar-refractivity contribution in [3.05, 3.63) is 29.6 Å². The molecule has 0 aliphatic rings. The van der Waals surface area contributed by atoms with E-state index in [1.54, 1.807) is 0 Å². The van der Waals surface area contributed by atoms with Crippen LogP contribution in [0.3, 0.4) is 0 Å². The van der Waals surface area contributed by atoms with Gasteiger partial charge in [-0.1, -0.05) is 26.7 Å². The maximum atomic E-state index is 4.21. The van der Waals surface area contributed by atoms with Gasteiger partial charge < -0.3 is 0 Å². The van der Waals surface area contributed by atoms with Crippen molar-refractivity contribution in [3.63, 3.8) is 0 Å². The van der Waals surface area contributed by atoms with Crippen molar-refractivity contribution >= 4 is 0 Å². The second kappa shape index (κ2) is 6.58. The average molecular weight is 191 g/mol. The third-order valence-corrected chi connectivity index (χ3v) is 2.60. The summed E-state index contributed by atoms with van der Waals surface area (Å²) in [5.41, 5.74) is 2.97. The highest BCUT2D eigenvalue weighted by Gasteiger charge is 2.00. The minimum atomic E-state index is 1.20. The number of aromatic nitrogens is 1. The average Bonchev–Trinajstić information content (AvgIpc) is 2.24. The van der Waals surface area contributed by atoms with Gasteiger partial charge in [-0.05, 0) is 42.9 Å². The predicted molar refractivity (Wildman–Crippen MR) is 61.5 cm³/mol. The standard InChI is InChI=1S/C13H21N/c1-3-5-7-12-9-10-14-11-13(12)8-6-4-2/h9-11H,3-8H2,1-2H3. The Kier molecular flexibility index (Phi) is 5.28. The number of pyridine rings is 1. The molecule has 0 aliphatic carbocycles. The Morgan fingerprint density at radius 2 is 1.64 bits per heavy atom. The molecule has 0 saturated heterocycles. The van der Waals surface area contributed by atoms with Crippen molar-refractivity contribution in [2.24, 2.45) is 0 Å². The summed E-state index contributed by atoms with van der Waals surface area (Å²) in [7, 11) is 0. The number of nitrogens with zero attached hydrogens (tertiary/aromatic N) is 1. The van der Waals surface area contributed by atoms with Gasteiger partial charge in [0.1, 0.15) is 0 Å². The van der Waals surface area contributed by atoms with Crippen LogP contribution in [0.2, 0.25) is 0 Å². The van der Waals surface area contributed by atoms with E-state index in [9.17, 15) is 0 Å². The second-order valence-electron chi connectivity index (χ2n) is 3.85. The summed E-state index contributed by atoms with van der Waals surface area (Å²) in [6, 6.07) is 2.18. The monoisotopic (exact) mass is 191 g/mol. The van der Waals surface area contributed by atoms with Crippen molar-refractivity contribution in [3.8, 4) is 0 Å². The largest absolute Gasteiger partial charge is 0.264 e. The Bertz CT molecular complexity index is 228. The van der Waals surface area contributed by atoms with Gasteiger partial charge >= 0.3 is 0 Å². The van der Waals surface area contributed by atoms with E-state index >= 15 is 0 Å². The molecule has 1 aromatic heterocycles. The van der Waals surface area contributed by atoms with Crippen LogP contribution in [0.4, 0.5) is 0 Å². The highest BCUT2D eigenvalue weighted by molar-refractivity contribution is 5.23. The maximum absolute atomic E-state index is 4.21. The van der Waals surface area contributed by atoms with Crippen molar-refractivity contribution in [2.75, 3.05) is 0 Å². The van der Waals surface area contributed by atoms with Gasteiger partial charge in [0.2, 0.25) is 0 Å². The van der Waals surface area contributed by atoms with Crippen LogP contribution in [-0.4, -0.2) is 4.98 Å². The zero-order chi connectivity index (χ0) is 10.2. The summed E-state index contributed by atoms with van der Waals surface area (Å²) in [4.78, 5) is 4.21. The zero-order valence-corrected chi connectivity index (χ0v) is 9.42. The molecule has 1 rings (SSSR count). The molecule has 1 nitrogen and oxygen atoms in total. The topological polar surface area (TPSA) is 12.9 Å². The van der Waals surface area contributed by atoms with Gasteiger partial charge in [-0.25, -0.2) is 0 Å². The molecule has 0 fully saturated rings. The minimum absolute atomic E-state index is 1.20. The molecule has 0 atom stereocenters. The molecule has 1 heterocycles. The molecule has 0 spiro atoms. The van der Waals surface area contributed by atoms with Gasteiger partial charge in [-0.3, -0.25) is 4.98 Å². The van der Waals surface area contributed by atoms with E-state index in [0.717, 1.165) is 0 Å². The predicted octanol–water partition coefficient (Wildman–Crippen LogP) is 3.77. The van der Waals surface area contributed by atoms with Gasteiger partial charge in [-0.15, -0.1) is 0 Å². The summed E-state index contributed by atoms with van der Waals surface area (Å²) in [6.45, 7) is 4.48. The summed E-state index contributed by atoms with van der Waals surface area (Å²) in [5, 5.41) is 0. The quantitative estimate of drug-likeness (QED) is 0.667. The van der Waals surface area contributed by atoms with Gasteiger partial charge in [0.15, 0.2) is 0 Å². The van der Waals surface area contributed by atoms with Gasteiger partial charge in [0.25, 0.3) is 0 Å². The molecular weight excluding hydrogens is 170 g/mol. The molecule has 78 valence electrons. The molecule has 0 amide bonds. The molecule has 0 N–H and O–H groups in total. The molecule has 0 aromatic carbocycles. The number of unbranched alkanes of at least 4 members (excludes halogenated alkanes) is 2. The molecule has 0 aliphatic heterocycles. The van der Waals surface area contributed by atoms with Crippen LogP contribution in [0.5, 0.6) is 0 Å². The molecule has 0 unspecified atom stereocenters. The lowest BCUT2D eigenvalue weighted by Crippen LogP contribution is -1.95. The Hall–Kier alpha value is -0.850. The normalized spacial score (nSPS) is 10.4. The summed E-state index contributed by atoms with van der Waals surface area (Å²) < 4.78 is 0. The fraction of sp³-hybridized carbons (Fsp3) is 0.615. The number of rotatable bonds is 6. The van der Waals surface area contributed by atoms with E-state index < -0.39 is 0 Å². The summed E-state index contributed by atoms with van der Waals surface area (Å²) in [5.74, 6) is 0. The van der Waals surface area contributed by atoms with Crippen molar-refractivity contribution in [2.45, 2.75) is 52.4 Å². The van der Waals surface area contributed by atoms with Gasteiger partial charge in [0, 0.05) is 12.4 Å². The number of aryl methyl sites for hydroxylation is 2. The van der Waals surface area contributed by atoms with Gasteiger partial charge in [-0.2, -0.15) is 0 Å². The molecule has 1 heteroatoms. The lowest BCUT2D eigenvalue weighted by Gasteiger charge is -2.07. The molecule has 0 radical (unpaired) electrons. The Balaban J connectivity index is 2.60. The molecule has 0 saturated carbocycles. The summed E-state index contributed by atoms with van der Waals surface area (Å²) >= 11 is 0. The van der Waals surface area contributed by atoms with Gasteiger partial charge in [0.05, 0.1) is 0 Å². The van der Waals surface area contributed by atoms with Crippen molar-refractivity contribution < 1.29 is 0 Å². The molecule has 14 heavy (non-hydrogen) atoms. The lowest BCUT2D eigenvalue weighted by molar-refractivity contribution is 0.754. The second-order valence-corrected chi connectivity index (χ2v) is 3.85. The highest BCUT2D eigenvalue weighted by atomic mass is 14.6. The Morgan fingerprint density at radius 1 is 1.00 bits per heavy atom. The van der Waals surface area contributed by atoms with E-state index in [-0.39, 0.29) is 0 Å². The van der Waals surface area contributed by atoms with E-state index in [4.69, 9.17) is 0 Å². The van der Waals surface area contributed by atoms with Crippen molar-refractivity contribution in [1.29, 1.82) is 0 Å². The van der Waals surface area contributed by atoms with Crippen LogP contribution >= 0.6 is 0 Å². The Morgan fingerprint density at radius 3 is 2.29 bits per heavy atom.